The number of aryl methyl sites for hydroxylation is 1. The van der Waals surface area contributed by atoms with Crippen molar-refractivity contribution in [3.8, 4) is 0 Å². The van der Waals surface area contributed by atoms with Gasteiger partial charge in [-0.2, -0.15) is 0 Å². The van der Waals surface area contributed by atoms with Gasteiger partial charge < -0.3 is 10.2 Å². The highest BCUT2D eigenvalue weighted by Gasteiger charge is 2.28. The van der Waals surface area contributed by atoms with Crippen molar-refractivity contribution in [3.05, 3.63) is 101 Å². The van der Waals surface area contributed by atoms with Gasteiger partial charge in [-0.1, -0.05) is 60.2 Å². The Hall–Kier alpha value is -3.25. The zero-order valence-electron chi connectivity index (χ0n) is 17.4. The number of hydrogen-bond donors (Lipinski definition) is 1. The number of nitrogens with one attached hydrogen (secondary N) is 1. The molecular weight excluding hydrogens is 396 g/mol. The maximum Gasteiger partial charge on any atom is 0.322 e. The summed E-state index contributed by atoms with van der Waals surface area (Å²) in [6.45, 7) is 4.48. The minimum absolute atomic E-state index is 0.0179. The van der Waals surface area contributed by atoms with Crippen molar-refractivity contribution < 1.29 is 13.6 Å². The molecule has 2 amide bonds. The zero-order valence-corrected chi connectivity index (χ0v) is 17.4. The fraction of sp³-hybridized carbons (Fsp3) is 0.240. The van der Waals surface area contributed by atoms with E-state index in [0.29, 0.717) is 26.2 Å². The van der Waals surface area contributed by atoms with E-state index < -0.39 is 11.6 Å². The van der Waals surface area contributed by atoms with E-state index in [-0.39, 0.29) is 17.8 Å². The van der Waals surface area contributed by atoms with Crippen LogP contribution >= 0.6 is 0 Å². The van der Waals surface area contributed by atoms with Gasteiger partial charge in [0.15, 0.2) is 0 Å². The summed E-state index contributed by atoms with van der Waals surface area (Å²) in [4.78, 5) is 16.6. The first kappa shape index (κ1) is 21.0. The molecule has 160 valence electrons. The number of hydrogen-bond acceptors (Lipinski definition) is 2. The molecule has 6 heteroatoms. The first-order chi connectivity index (χ1) is 15.0. The lowest BCUT2D eigenvalue weighted by atomic mass is 9.95. The second-order valence-electron chi connectivity index (χ2n) is 7.80. The van der Waals surface area contributed by atoms with Gasteiger partial charge in [0.2, 0.25) is 0 Å². The van der Waals surface area contributed by atoms with Gasteiger partial charge in [-0.25, -0.2) is 13.6 Å². The van der Waals surface area contributed by atoms with Crippen LogP contribution in [0, 0.1) is 18.6 Å². The second-order valence-corrected chi connectivity index (χ2v) is 7.80. The summed E-state index contributed by atoms with van der Waals surface area (Å²) in [7, 11) is 0. The van der Waals surface area contributed by atoms with Crippen molar-refractivity contribution in [2.45, 2.75) is 13.0 Å². The Balaban J connectivity index is 1.46. The van der Waals surface area contributed by atoms with Crippen molar-refractivity contribution in [1.82, 2.24) is 9.80 Å². The third-order valence-electron chi connectivity index (χ3n) is 5.65. The first-order valence-corrected chi connectivity index (χ1v) is 10.4. The summed E-state index contributed by atoms with van der Waals surface area (Å²) in [5.41, 5.74) is 3.61. The van der Waals surface area contributed by atoms with Gasteiger partial charge in [-0.05, 0) is 30.2 Å². The molecule has 0 unspecified atom stereocenters. The van der Waals surface area contributed by atoms with Crippen LogP contribution in [0.15, 0.2) is 72.8 Å². The molecule has 1 fully saturated rings. The monoisotopic (exact) mass is 421 g/mol. The van der Waals surface area contributed by atoms with Crippen molar-refractivity contribution >= 4 is 11.7 Å². The van der Waals surface area contributed by atoms with E-state index in [9.17, 15) is 13.6 Å². The summed E-state index contributed by atoms with van der Waals surface area (Å²) < 4.78 is 27.0. The van der Waals surface area contributed by atoms with Gasteiger partial charge >= 0.3 is 6.03 Å². The number of urea groups is 1. The lowest BCUT2D eigenvalue weighted by Crippen LogP contribution is -2.51. The van der Waals surface area contributed by atoms with Crippen LogP contribution in [0.25, 0.3) is 0 Å². The van der Waals surface area contributed by atoms with Crippen molar-refractivity contribution in [1.29, 1.82) is 0 Å². The first-order valence-electron chi connectivity index (χ1n) is 10.4. The summed E-state index contributed by atoms with van der Waals surface area (Å²) in [5, 5.41) is 2.55. The molecule has 1 heterocycles. The average molecular weight is 421 g/mol. The molecule has 0 saturated carbocycles. The topological polar surface area (TPSA) is 35.6 Å². The fourth-order valence-electron chi connectivity index (χ4n) is 3.97. The molecule has 1 aliphatic rings. The minimum Gasteiger partial charge on any atom is -0.322 e. The molecule has 1 saturated heterocycles. The van der Waals surface area contributed by atoms with Crippen LogP contribution in [0.3, 0.4) is 0 Å². The van der Waals surface area contributed by atoms with Crippen molar-refractivity contribution in [3.63, 3.8) is 0 Å². The molecule has 4 rings (SSSR count). The highest BCUT2D eigenvalue weighted by atomic mass is 19.1. The number of anilines is 1. The number of rotatable bonds is 4. The summed E-state index contributed by atoms with van der Waals surface area (Å²) in [5.74, 6) is -1.46. The van der Waals surface area contributed by atoms with Crippen LogP contribution in [0.5, 0.6) is 0 Å². The number of piperazine rings is 1. The van der Waals surface area contributed by atoms with E-state index in [1.54, 1.807) is 4.90 Å². The van der Waals surface area contributed by atoms with Crippen LogP contribution in [0.4, 0.5) is 19.3 Å². The number of halogens is 2. The molecule has 0 aromatic heterocycles. The van der Waals surface area contributed by atoms with Crippen molar-refractivity contribution in [2.24, 2.45) is 0 Å². The molecular formula is C25H25F2N3O. The SMILES string of the molecule is Cc1ccc([C@H](c2ccccc2)N2CCN(C(=O)Nc3ccc(F)cc3F)CC2)cc1. The molecule has 3 aromatic carbocycles. The Morgan fingerprint density at radius 3 is 2.16 bits per heavy atom. The van der Waals surface area contributed by atoms with Gasteiger partial charge in [0, 0.05) is 32.2 Å². The number of carbonyl (C=O) groups is 1. The van der Waals surface area contributed by atoms with Gasteiger partial charge in [-0.3, -0.25) is 4.90 Å². The number of amides is 2. The molecule has 0 bridgehead atoms. The average Bonchev–Trinajstić information content (AvgIpc) is 2.78. The molecule has 1 aliphatic heterocycles. The highest BCUT2D eigenvalue weighted by Crippen LogP contribution is 2.30. The molecule has 31 heavy (non-hydrogen) atoms. The zero-order chi connectivity index (χ0) is 21.8. The number of nitrogens with zero attached hydrogens (tertiary/aromatic N) is 2. The molecule has 0 aliphatic carbocycles. The van der Waals surface area contributed by atoms with Crippen LogP contribution in [-0.4, -0.2) is 42.0 Å². The molecule has 1 atom stereocenters. The van der Waals surface area contributed by atoms with Crippen LogP contribution in [0.2, 0.25) is 0 Å². The Kier molecular flexibility index (Phi) is 6.28. The predicted molar refractivity (Wildman–Crippen MR) is 118 cm³/mol. The largest absolute Gasteiger partial charge is 0.322 e. The molecule has 3 aromatic rings. The standard InChI is InChI=1S/C25H25F2N3O/c1-18-7-9-20(10-8-18)24(19-5-3-2-4-6-19)29-13-15-30(16-14-29)25(31)28-23-12-11-21(26)17-22(23)27/h2-12,17,24H,13-16H2,1H3,(H,28,31)/t24-/m0/s1. The summed E-state index contributed by atoms with van der Waals surface area (Å²) in [6, 6.07) is 21.7. The van der Waals surface area contributed by atoms with E-state index in [1.807, 2.05) is 18.2 Å². The normalized spacial score (nSPS) is 15.5. The summed E-state index contributed by atoms with van der Waals surface area (Å²) >= 11 is 0. The number of carbonyl (C=O) groups excluding carboxylic acids is 1. The van der Waals surface area contributed by atoms with E-state index in [2.05, 4.69) is 53.5 Å². The smallest absolute Gasteiger partial charge is 0.322 e. The third kappa shape index (κ3) is 4.91. The highest BCUT2D eigenvalue weighted by molar-refractivity contribution is 5.89. The Bertz CT molecular complexity index is 1030. The fourth-order valence-corrected chi connectivity index (χ4v) is 3.97. The predicted octanol–water partition coefficient (Wildman–Crippen LogP) is 5.21. The van der Waals surface area contributed by atoms with E-state index in [4.69, 9.17) is 0 Å². The molecule has 4 nitrogen and oxygen atoms in total. The van der Waals surface area contributed by atoms with Crippen LogP contribution < -0.4 is 5.32 Å². The van der Waals surface area contributed by atoms with Crippen LogP contribution in [0.1, 0.15) is 22.7 Å². The quantitative estimate of drug-likeness (QED) is 0.628. The number of benzene rings is 3. The maximum absolute atomic E-state index is 13.9. The lowest BCUT2D eigenvalue weighted by molar-refractivity contribution is 0.126. The van der Waals surface area contributed by atoms with Crippen LogP contribution in [-0.2, 0) is 0 Å². The second kappa shape index (κ2) is 9.27. The lowest BCUT2D eigenvalue weighted by Gasteiger charge is -2.39. The molecule has 0 spiro atoms. The minimum atomic E-state index is -0.782. The van der Waals surface area contributed by atoms with Gasteiger partial charge in [0.1, 0.15) is 11.6 Å². The van der Waals surface area contributed by atoms with E-state index in [1.165, 1.54) is 22.8 Å². The Morgan fingerprint density at radius 2 is 1.52 bits per heavy atom. The Morgan fingerprint density at radius 1 is 0.871 bits per heavy atom. The molecule has 0 radical (unpaired) electrons. The van der Waals surface area contributed by atoms with Gasteiger partial charge in [0.25, 0.3) is 0 Å². The van der Waals surface area contributed by atoms with E-state index >= 15 is 0 Å². The maximum atomic E-state index is 13.9. The van der Waals surface area contributed by atoms with Gasteiger partial charge in [-0.15, -0.1) is 0 Å². The summed E-state index contributed by atoms with van der Waals surface area (Å²) in [6.07, 6.45) is 0. The molecule has 1 N–H and O–H groups in total. The van der Waals surface area contributed by atoms with Crippen molar-refractivity contribution in [2.75, 3.05) is 31.5 Å². The third-order valence-corrected chi connectivity index (χ3v) is 5.65. The Labute approximate surface area is 181 Å². The van der Waals surface area contributed by atoms with E-state index in [0.717, 1.165) is 12.1 Å². The van der Waals surface area contributed by atoms with Gasteiger partial charge in [0.05, 0.1) is 11.7 Å².